The maximum absolute atomic E-state index is 11.9. The molecule has 0 aliphatic rings. The van der Waals surface area contributed by atoms with E-state index in [9.17, 15) is 4.79 Å². The maximum atomic E-state index is 11.9. The van der Waals surface area contributed by atoms with Crippen LogP contribution in [0.5, 0.6) is 0 Å². The van der Waals surface area contributed by atoms with E-state index in [1.54, 1.807) is 6.07 Å². The van der Waals surface area contributed by atoms with Gasteiger partial charge in [-0.05, 0) is 25.0 Å². The van der Waals surface area contributed by atoms with E-state index in [4.69, 9.17) is 14.6 Å². The summed E-state index contributed by atoms with van der Waals surface area (Å²) in [7, 11) is 0. The maximum Gasteiger partial charge on any atom is 0.193 e. The van der Waals surface area contributed by atoms with Crippen molar-refractivity contribution in [2.24, 2.45) is 0 Å². The Labute approximate surface area is 134 Å². The molecule has 0 unspecified atom stereocenters. The Kier molecular flexibility index (Phi) is 6.54. The molecule has 4 heteroatoms. The van der Waals surface area contributed by atoms with Gasteiger partial charge in [-0.15, -0.1) is 0 Å². The Morgan fingerprint density at radius 3 is 2.09 bits per heavy atom. The lowest BCUT2D eigenvalue weighted by Crippen LogP contribution is -1.99. The number of aliphatic hydroxyl groups excluding tert-OH is 2. The monoisotopic (exact) mass is 312 g/mol. The first-order chi connectivity index (χ1) is 11.3. The smallest absolute Gasteiger partial charge is 0.193 e. The first-order valence-corrected chi connectivity index (χ1v) is 7.56. The van der Waals surface area contributed by atoms with Crippen molar-refractivity contribution in [3.05, 3.63) is 70.9 Å². The van der Waals surface area contributed by atoms with E-state index < -0.39 is 0 Å². The van der Waals surface area contributed by atoms with Crippen molar-refractivity contribution in [1.82, 2.24) is 0 Å². The lowest BCUT2D eigenvalue weighted by atomic mass is 10.1. The molecule has 3 aromatic rings. The molecule has 4 nitrogen and oxygen atoms in total. The number of rotatable bonds is 4. The summed E-state index contributed by atoms with van der Waals surface area (Å²) < 4.78 is 5.73. The minimum absolute atomic E-state index is 0.00861. The molecule has 0 aliphatic carbocycles. The SMILES string of the molecule is O=c1cc(-c2ccccc2)oc2ccccc12.OCCCCO. The van der Waals surface area contributed by atoms with Crippen molar-refractivity contribution in [2.75, 3.05) is 13.2 Å². The van der Waals surface area contributed by atoms with Gasteiger partial charge in [-0.3, -0.25) is 4.79 Å². The fourth-order valence-corrected chi connectivity index (χ4v) is 2.07. The Bertz CT molecular complexity index is 774. The van der Waals surface area contributed by atoms with Gasteiger partial charge in [-0.2, -0.15) is 0 Å². The molecule has 0 atom stereocenters. The van der Waals surface area contributed by atoms with E-state index in [0.29, 0.717) is 16.7 Å². The zero-order valence-corrected chi connectivity index (χ0v) is 12.8. The van der Waals surface area contributed by atoms with Crippen LogP contribution in [0.1, 0.15) is 12.8 Å². The van der Waals surface area contributed by atoms with Crippen LogP contribution in [0, 0.1) is 0 Å². The molecule has 0 saturated carbocycles. The number of para-hydroxylation sites is 1. The summed E-state index contributed by atoms with van der Waals surface area (Å²) in [5, 5.41) is 16.8. The van der Waals surface area contributed by atoms with Gasteiger partial charge in [-0.1, -0.05) is 42.5 Å². The molecular formula is C19H20O4. The van der Waals surface area contributed by atoms with Crippen molar-refractivity contribution in [1.29, 1.82) is 0 Å². The van der Waals surface area contributed by atoms with Crippen molar-refractivity contribution in [3.8, 4) is 11.3 Å². The molecule has 0 fully saturated rings. The quantitative estimate of drug-likeness (QED) is 0.726. The van der Waals surface area contributed by atoms with Crippen LogP contribution in [0.3, 0.4) is 0 Å². The summed E-state index contributed by atoms with van der Waals surface area (Å²) in [5.74, 6) is 0.606. The highest BCUT2D eigenvalue weighted by Gasteiger charge is 2.05. The van der Waals surface area contributed by atoms with Crippen LogP contribution in [0.2, 0.25) is 0 Å². The van der Waals surface area contributed by atoms with E-state index in [-0.39, 0.29) is 18.6 Å². The van der Waals surface area contributed by atoms with Crippen molar-refractivity contribution in [3.63, 3.8) is 0 Å². The molecule has 2 N–H and O–H groups in total. The summed E-state index contributed by atoms with van der Waals surface area (Å²) in [6.07, 6.45) is 1.44. The van der Waals surface area contributed by atoms with Gasteiger partial charge in [0.05, 0.1) is 5.39 Å². The highest BCUT2D eigenvalue weighted by atomic mass is 16.3. The molecule has 0 bridgehead atoms. The zero-order chi connectivity index (χ0) is 16.5. The lowest BCUT2D eigenvalue weighted by molar-refractivity contribution is 0.242. The summed E-state index contributed by atoms with van der Waals surface area (Å²) >= 11 is 0. The second kappa shape index (κ2) is 8.88. The molecule has 3 rings (SSSR count). The molecule has 0 saturated heterocycles. The summed E-state index contributed by atoms with van der Waals surface area (Å²) in [6.45, 7) is 0.390. The number of benzene rings is 2. The molecule has 0 amide bonds. The van der Waals surface area contributed by atoms with Crippen molar-refractivity contribution < 1.29 is 14.6 Å². The highest BCUT2D eigenvalue weighted by Crippen LogP contribution is 2.21. The average molecular weight is 312 g/mol. The van der Waals surface area contributed by atoms with Crippen molar-refractivity contribution >= 4 is 11.0 Å². The number of hydrogen-bond acceptors (Lipinski definition) is 4. The molecule has 0 aliphatic heterocycles. The van der Waals surface area contributed by atoms with Crippen LogP contribution in [0.15, 0.2) is 69.9 Å². The fourth-order valence-electron chi connectivity index (χ4n) is 2.07. The lowest BCUT2D eigenvalue weighted by Gasteiger charge is -2.02. The van der Waals surface area contributed by atoms with Crippen LogP contribution >= 0.6 is 0 Å². The number of fused-ring (bicyclic) bond motifs is 1. The van der Waals surface area contributed by atoms with Crippen LogP contribution in [0.4, 0.5) is 0 Å². The number of unbranched alkanes of at least 4 members (excludes halogenated alkanes) is 1. The minimum atomic E-state index is -0.00861. The third kappa shape index (κ3) is 4.77. The summed E-state index contributed by atoms with van der Waals surface area (Å²) in [6, 6.07) is 18.4. The Morgan fingerprint density at radius 2 is 1.43 bits per heavy atom. The molecule has 2 aromatic carbocycles. The van der Waals surface area contributed by atoms with Gasteiger partial charge in [0.15, 0.2) is 5.43 Å². The van der Waals surface area contributed by atoms with Crippen LogP contribution in [0.25, 0.3) is 22.3 Å². The minimum Gasteiger partial charge on any atom is -0.456 e. The van der Waals surface area contributed by atoms with Gasteiger partial charge in [0.2, 0.25) is 0 Å². The second-order valence-electron chi connectivity index (χ2n) is 4.99. The van der Waals surface area contributed by atoms with Gasteiger partial charge >= 0.3 is 0 Å². The standard InChI is InChI=1S/C15H10O2.C4H10O2/c16-13-10-15(11-6-2-1-3-7-11)17-14-9-5-4-8-12(13)14;5-3-1-2-4-6/h1-10H;5-6H,1-4H2. The van der Waals surface area contributed by atoms with Crippen molar-refractivity contribution in [2.45, 2.75) is 12.8 Å². The molecule has 1 aromatic heterocycles. The third-order valence-electron chi connectivity index (χ3n) is 3.26. The normalized spacial score (nSPS) is 10.2. The number of hydrogen-bond donors (Lipinski definition) is 2. The Balaban J connectivity index is 0.000000277. The van der Waals surface area contributed by atoms with Gasteiger partial charge < -0.3 is 14.6 Å². The molecule has 1 heterocycles. The first kappa shape index (κ1) is 16.9. The van der Waals surface area contributed by atoms with Crippen LogP contribution in [-0.2, 0) is 0 Å². The van der Waals surface area contributed by atoms with Gasteiger partial charge in [-0.25, -0.2) is 0 Å². The second-order valence-corrected chi connectivity index (χ2v) is 4.99. The van der Waals surface area contributed by atoms with E-state index in [0.717, 1.165) is 18.4 Å². The van der Waals surface area contributed by atoms with Crippen LogP contribution in [-0.4, -0.2) is 23.4 Å². The summed E-state index contributed by atoms with van der Waals surface area (Å²) in [4.78, 5) is 11.9. The van der Waals surface area contributed by atoms with E-state index >= 15 is 0 Å². The molecule has 0 radical (unpaired) electrons. The summed E-state index contributed by atoms with van der Waals surface area (Å²) in [5.41, 5.74) is 1.53. The first-order valence-electron chi connectivity index (χ1n) is 7.56. The third-order valence-corrected chi connectivity index (χ3v) is 3.26. The zero-order valence-electron chi connectivity index (χ0n) is 12.8. The topological polar surface area (TPSA) is 70.7 Å². The van der Waals surface area contributed by atoms with Crippen LogP contribution < -0.4 is 5.43 Å². The molecular weight excluding hydrogens is 292 g/mol. The molecule has 0 spiro atoms. The van der Waals surface area contributed by atoms with Gasteiger partial charge in [0.25, 0.3) is 0 Å². The largest absolute Gasteiger partial charge is 0.456 e. The Hall–Kier alpha value is -2.43. The van der Waals surface area contributed by atoms with Gasteiger partial charge in [0.1, 0.15) is 11.3 Å². The van der Waals surface area contributed by atoms with E-state index in [2.05, 4.69) is 0 Å². The molecule has 23 heavy (non-hydrogen) atoms. The van der Waals surface area contributed by atoms with Gasteiger partial charge in [0, 0.05) is 24.8 Å². The predicted octanol–water partition coefficient (Wildman–Crippen LogP) is 3.21. The predicted molar refractivity (Wildman–Crippen MR) is 91.3 cm³/mol. The Morgan fingerprint density at radius 1 is 0.826 bits per heavy atom. The fraction of sp³-hybridized carbons (Fsp3) is 0.211. The van der Waals surface area contributed by atoms with E-state index in [1.165, 1.54) is 6.07 Å². The van der Waals surface area contributed by atoms with E-state index in [1.807, 2.05) is 48.5 Å². The number of aliphatic hydroxyl groups is 2. The highest BCUT2D eigenvalue weighted by molar-refractivity contribution is 5.78. The average Bonchev–Trinajstić information content (AvgIpc) is 2.61. The molecule has 120 valence electrons.